The van der Waals surface area contributed by atoms with E-state index in [-0.39, 0.29) is 0 Å². The van der Waals surface area contributed by atoms with Crippen molar-refractivity contribution in [3.63, 3.8) is 0 Å². The Morgan fingerprint density at radius 1 is 1.35 bits per heavy atom. The maximum absolute atomic E-state index is 4.60. The standard InChI is InChI=1S/C17H25BrN2/c1-12(2)9-19-11-17(6-13-5-14(13)7-17)8-16-4-3-15(18)10-20-16/h3-4,10,12-14,19H,5-9,11H2,1-2H3. The fraction of sp³-hybridized carbons (Fsp3) is 0.706. The van der Waals surface area contributed by atoms with E-state index in [0.29, 0.717) is 5.41 Å². The minimum Gasteiger partial charge on any atom is -0.316 e. The summed E-state index contributed by atoms with van der Waals surface area (Å²) in [6, 6.07) is 4.30. The van der Waals surface area contributed by atoms with Gasteiger partial charge in [-0.05, 0) is 83.5 Å². The van der Waals surface area contributed by atoms with Crippen LogP contribution in [-0.4, -0.2) is 18.1 Å². The van der Waals surface area contributed by atoms with Crippen LogP contribution in [0.15, 0.2) is 22.8 Å². The molecule has 3 rings (SSSR count). The molecule has 110 valence electrons. The Hall–Kier alpha value is -0.410. The minimum atomic E-state index is 0.462. The van der Waals surface area contributed by atoms with Crippen molar-refractivity contribution >= 4 is 15.9 Å². The van der Waals surface area contributed by atoms with E-state index in [4.69, 9.17) is 0 Å². The molecule has 3 heteroatoms. The van der Waals surface area contributed by atoms with Crippen LogP contribution in [-0.2, 0) is 6.42 Å². The number of nitrogens with zero attached hydrogens (tertiary/aromatic N) is 1. The van der Waals surface area contributed by atoms with E-state index in [9.17, 15) is 0 Å². The molecule has 2 atom stereocenters. The number of pyridine rings is 1. The topological polar surface area (TPSA) is 24.9 Å². The number of fused-ring (bicyclic) bond motifs is 1. The molecule has 0 aliphatic heterocycles. The van der Waals surface area contributed by atoms with E-state index >= 15 is 0 Å². The molecule has 0 aromatic carbocycles. The van der Waals surface area contributed by atoms with Crippen LogP contribution in [0.4, 0.5) is 0 Å². The van der Waals surface area contributed by atoms with Crippen molar-refractivity contribution < 1.29 is 0 Å². The zero-order valence-electron chi connectivity index (χ0n) is 12.5. The first-order valence-corrected chi connectivity index (χ1v) is 8.67. The average Bonchev–Trinajstić information content (AvgIpc) is 3.00. The number of nitrogens with one attached hydrogen (secondary N) is 1. The van der Waals surface area contributed by atoms with Crippen LogP contribution in [0.25, 0.3) is 0 Å². The Morgan fingerprint density at radius 2 is 2.10 bits per heavy atom. The lowest BCUT2D eigenvalue weighted by Gasteiger charge is -2.31. The van der Waals surface area contributed by atoms with E-state index in [1.807, 2.05) is 6.20 Å². The zero-order valence-corrected chi connectivity index (χ0v) is 14.1. The van der Waals surface area contributed by atoms with Crippen molar-refractivity contribution in [2.45, 2.75) is 39.5 Å². The van der Waals surface area contributed by atoms with E-state index in [2.05, 4.69) is 52.2 Å². The molecule has 20 heavy (non-hydrogen) atoms. The molecule has 1 heterocycles. The summed E-state index contributed by atoms with van der Waals surface area (Å²) in [4.78, 5) is 4.60. The maximum Gasteiger partial charge on any atom is 0.0413 e. The van der Waals surface area contributed by atoms with Gasteiger partial charge in [-0.25, -0.2) is 0 Å². The van der Waals surface area contributed by atoms with Gasteiger partial charge < -0.3 is 5.32 Å². The van der Waals surface area contributed by atoms with Crippen molar-refractivity contribution in [2.24, 2.45) is 23.2 Å². The number of rotatable bonds is 6. The van der Waals surface area contributed by atoms with Gasteiger partial charge in [0.05, 0.1) is 0 Å². The molecule has 0 radical (unpaired) electrons. The Balaban J connectivity index is 1.65. The predicted molar refractivity (Wildman–Crippen MR) is 86.6 cm³/mol. The van der Waals surface area contributed by atoms with Gasteiger partial charge in [0.2, 0.25) is 0 Å². The average molecular weight is 337 g/mol. The summed E-state index contributed by atoms with van der Waals surface area (Å²) >= 11 is 3.47. The van der Waals surface area contributed by atoms with Crippen LogP contribution in [0.3, 0.4) is 0 Å². The van der Waals surface area contributed by atoms with Gasteiger partial charge in [0.15, 0.2) is 0 Å². The van der Waals surface area contributed by atoms with Crippen LogP contribution >= 0.6 is 15.9 Å². The summed E-state index contributed by atoms with van der Waals surface area (Å²) in [7, 11) is 0. The Morgan fingerprint density at radius 3 is 2.70 bits per heavy atom. The monoisotopic (exact) mass is 336 g/mol. The highest BCUT2D eigenvalue weighted by Crippen LogP contribution is 2.60. The highest BCUT2D eigenvalue weighted by molar-refractivity contribution is 9.10. The summed E-state index contributed by atoms with van der Waals surface area (Å²) in [6.45, 7) is 6.85. The van der Waals surface area contributed by atoms with E-state index in [1.54, 1.807) is 0 Å². The summed E-state index contributed by atoms with van der Waals surface area (Å²) in [6.07, 6.45) is 7.36. The third kappa shape index (κ3) is 3.43. The highest BCUT2D eigenvalue weighted by Gasteiger charge is 2.53. The molecule has 0 saturated heterocycles. The molecule has 2 fully saturated rings. The molecule has 2 aliphatic carbocycles. The van der Waals surface area contributed by atoms with Crippen molar-refractivity contribution in [3.8, 4) is 0 Å². The number of hydrogen-bond acceptors (Lipinski definition) is 2. The Kier molecular flexibility index (Phi) is 4.19. The summed E-state index contributed by atoms with van der Waals surface area (Å²) in [5.41, 5.74) is 1.71. The molecular formula is C17H25BrN2. The lowest BCUT2D eigenvalue weighted by Crippen LogP contribution is -2.37. The fourth-order valence-electron chi connectivity index (χ4n) is 3.88. The third-order valence-electron chi connectivity index (χ3n) is 4.86. The number of hydrogen-bond donors (Lipinski definition) is 1. The highest BCUT2D eigenvalue weighted by atomic mass is 79.9. The smallest absolute Gasteiger partial charge is 0.0413 e. The molecule has 2 saturated carbocycles. The molecule has 1 N–H and O–H groups in total. The molecular weight excluding hydrogens is 312 g/mol. The second kappa shape index (κ2) is 5.76. The lowest BCUT2D eigenvalue weighted by molar-refractivity contribution is 0.243. The quantitative estimate of drug-likeness (QED) is 0.847. The van der Waals surface area contributed by atoms with Crippen molar-refractivity contribution in [1.29, 1.82) is 0 Å². The van der Waals surface area contributed by atoms with Crippen molar-refractivity contribution in [2.75, 3.05) is 13.1 Å². The lowest BCUT2D eigenvalue weighted by atomic mass is 9.78. The van der Waals surface area contributed by atoms with Gasteiger partial charge in [-0.3, -0.25) is 4.98 Å². The molecule has 0 amide bonds. The Bertz CT molecular complexity index is 445. The molecule has 0 bridgehead atoms. The van der Waals surface area contributed by atoms with Gasteiger partial charge in [0.25, 0.3) is 0 Å². The molecule has 1 aromatic heterocycles. The van der Waals surface area contributed by atoms with Crippen molar-refractivity contribution in [1.82, 2.24) is 10.3 Å². The fourth-order valence-corrected chi connectivity index (χ4v) is 4.11. The first kappa shape index (κ1) is 14.5. The first-order valence-electron chi connectivity index (χ1n) is 7.87. The van der Waals surface area contributed by atoms with Gasteiger partial charge in [-0.2, -0.15) is 0 Å². The van der Waals surface area contributed by atoms with Gasteiger partial charge in [-0.15, -0.1) is 0 Å². The largest absolute Gasteiger partial charge is 0.316 e. The second-order valence-corrected chi connectivity index (χ2v) is 8.25. The van der Waals surface area contributed by atoms with Gasteiger partial charge in [0.1, 0.15) is 0 Å². The zero-order chi connectivity index (χ0) is 14.2. The van der Waals surface area contributed by atoms with Crippen LogP contribution in [0.1, 0.15) is 38.8 Å². The van der Waals surface area contributed by atoms with E-state index in [1.165, 1.54) is 25.0 Å². The van der Waals surface area contributed by atoms with Gasteiger partial charge in [-0.1, -0.05) is 13.8 Å². The van der Waals surface area contributed by atoms with Gasteiger partial charge in [0, 0.05) is 22.9 Å². The summed E-state index contributed by atoms with van der Waals surface area (Å²) in [5.74, 6) is 2.77. The normalized spacial score (nSPS) is 31.6. The van der Waals surface area contributed by atoms with E-state index < -0.39 is 0 Å². The predicted octanol–water partition coefficient (Wildman–Crippen LogP) is 4.05. The Labute approximate surface area is 130 Å². The van der Waals surface area contributed by atoms with Crippen LogP contribution in [0.2, 0.25) is 0 Å². The minimum absolute atomic E-state index is 0.462. The van der Waals surface area contributed by atoms with E-state index in [0.717, 1.165) is 41.7 Å². The van der Waals surface area contributed by atoms with Crippen LogP contribution in [0, 0.1) is 23.2 Å². The number of aromatic nitrogens is 1. The van der Waals surface area contributed by atoms with Crippen LogP contribution in [0.5, 0.6) is 0 Å². The first-order chi connectivity index (χ1) is 9.56. The molecule has 2 aliphatic rings. The summed E-state index contributed by atoms with van der Waals surface area (Å²) in [5, 5.41) is 3.70. The van der Waals surface area contributed by atoms with Crippen molar-refractivity contribution in [3.05, 3.63) is 28.5 Å². The third-order valence-corrected chi connectivity index (χ3v) is 5.33. The maximum atomic E-state index is 4.60. The van der Waals surface area contributed by atoms with Crippen LogP contribution < -0.4 is 5.32 Å². The van der Waals surface area contributed by atoms with Gasteiger partial charge >= 0.3 is 0 Å². The molecule has 0 spiro atoms. The second-order valence-electron chi connectivity index (χ2n) is 7.33. The molecule has 1 aromatic rings. The SMILES string of the molecule is CC(C)CNCC1(Cc2ccc(Br)cn2)CC2CC2C1. The number of halogens is 1. The molecule has 2 unspecified atom stereocenters. The molecule has 2 nitrogen and oxygen atoms in total. The summed E-state index contributed by atoms with van der Waals surface area (Å²) < 4.78 is 1.07.